The summed E-state index contributed by atoms with van der Waals surface area (Å²) >= 11 is 5.94. The average Bonchev–Trinajstić information content (AvgIpc) is 3.29. The third-order valence-electron chi connectivity index (χ3n) is 4.80. The molecule has 0 unspecified atom stereocenters. The van der Waals surface area contributed by atoms with Crippen LogP contribution < -0.4 is 14.2 Å². The monoisotopic (exact) mass is 460 g/mol. The van der Waals surface area contributed by atoms with Crippen molar-refractivity contribution in [1.29, 1.82) is 0 Å². The molecule has 2 aromatic carbocycles. The number of ether oxygens (including phenoxy) is 4. The van der Waals surface area contributed by atoms with Crippen molar-refractivity contribution < 1.29 is 28.3 Å². The predicted octanol–water partition coefficient (Wildman–Crippen LogP) is 4.31. The van der Waals surface area contributed by atoms with Gasteiger partial charge in [0.25, 0.3) is 5.91 Å². The van der Waals surface area contributed by atoms with Crippen LogP contribution in [0.15, 0.2) is 47.0 Å². The summed E-state index contributed by atoms with van der Waals surface area (Å²) in [7, 11) is 6.22. The van der Waals surface area contributed by atoms with Crippen molar-refractivity contribution in [1.82, 2.24) is 10.1 Å². The van der Waals surface area contributed by atoms with Crippen LogP contribution in [0, 0.1) is 0 Å². The summed E-state index contributed by atoms with van der Waals surface area (Å²) in [6.07, 6.45) is 0. The number of carbonyl (C=O) groups excluding carboxylic acids is 1. The minimum atomic E-state index is -0.156. The van der Waals surface area contributed by atoms with Crippen LogP contribution in [-0.4, -0.2) is 57.6 Å². The van der Waals surface area contributed by atoms with Gasteiger partial charge in [-0.25, -0.2) is 0 Å². The second-order valence-corrected chi connectivity index (χ2v) is 7.26. The molecular formula is C23H25ClN2O6. The highest BCUT2D eigenvalue weighted by molar-refractivity contribution is 6.30. The summed E-state index contributed by atoms with van der Waals surface area (Å²) in [4.78, 5) is 14.6. The van der Waals surface area contributed by atoms with Crippen LogP contribution in [0.1, 0.15) is 16.1 Å². The van der Waals surface area contributed by atoms with Gasteiger partial charge in [0, 0.05) is 35.9 Å². The van der Waals surface area contributed by atoms with E-state index in [2.05, 4.69) is 5.16 Å². The van der Waals surface area contributed by atoms with E-state index in [0.29, 0.717) is 58.0 Å². The molecular weight excluding hydrogens is 436 g/mol. The first-order valence-corrected chi connectivity index (χ1v) is 10.2. The van der Waals surface area contributed by atoms with Crippen LogP contribution in [0.5, 0.6) is 17.2 Å². The highest BCUT2D eigenvalue weighted by atomic mass is 35.5. The lowest BCUT2D eigenvalue weighted by atomic mass is 10.1. The van der Waals surface area contributed by atoms with Crippen molar-refractivity contribution in [2.75, 3.05) is 41.6 Å². The number of hydrogen-bond acceptors (Lipinski definition) is 7. The number of rotatable bonds is 10. The van der Waals surface area contributed by atoms with E-state index in [1.807, 2.05) is 0 Å². The molecule has 0 atom stereocenters. The number of aromatic nitrogens is 1. The predicted molar refractivity (Wildman–Crippen MR) is 120 cm³/mol. The van der Waals surface area contributed by atoms with Crippen LogP contribution in [-0.2, 0) is 11.3 Å². The zero-order valence-corrected chi connectivity index (χ0v) is 19.1. The molecule has 0 spiro atoms. The topological polar surface area (TPSA) is 83.3 Å². The largest absolute Gasteiger partial charge is 0.493 e. The van der Waals surface area contributed by atoms with Crippen LogP contribution in [0.25, 0.3) is 11.3 Å². The summed E-state index contributed by atoms with van der Waals surface area (Å²) in [5.41, 5.74) is 1.82. The molecule has 1 amide bonds. The number of carbonyl (C=O) groups is 1. The van der Waals surface area contributed by atoms with Gasteiger partial charge in [-0.05, 0) is 36.4 Å². The van der Waals surface area contributed by atoms with Gasteiger partial charge in [-0.2, -0.15) is 0 Å². The van der Waals surface area contributed by atoms with Crippen molar-refractivity contribution in [3.63, 3.8) is 0 Å². The first-order chi connectivity index (χ1) is 15.5. The van der Waals surface area contributed by atoms with Crippen molar-refractivity contribution >= 4 is 17.5 Å². The first kappa shape index (κ1) is 23.4. The molecule has 8 nitrogen and oxygen atoms in total. The molecule has 0 N–H and O–H groups in total. The van der Waals surface area contributed by atoms with Crippen LogP contribution in [0.2, 0.25) is 5.02 Å². The van der Waals surface area contributed by atoms with Gasteiger partial charge >= 0.3 is 0 Å². The summed E-state index contributed by atoms with van der Waals surface area (Å²) in [5.74, 6) is 1.83. The van der Waals surface area contributed by atoms with Crippen molar-refractivity contribution in [2.45, 2.75) is 6.54 Å². The minimum Gasteiger partial charge on any atom is -0.493 e. The molecule has 0 radical (unpaired) electrons. The van der Waals surface area contributed by atoms with Gasteiger partial charge in [-0.3, -0.25) is 4.79 Å². The molecule has 3 aromatic rings. The van der Waals surface area contributed by atoms with Crippen LogP contribution in [0.3, 0.4) is 0 Å². The van der Waals surface area contributed by atoms with Gasteiger partial charge < -0.3 is 28.4 Å². The van der Waals surface area contributed by atoms with E-state index in [1.165, 1.54) is 0 Å². The SMILES string of the molecule is COCCN(Cc1cc(-c2cc(OC)c(OC)c(OC)c2)on1)C(=O)c1ccc(Cl)cc1. The highest BCUT2D eigenvalue weighted by Crippen LogP contribution is 2.41. The lowest BCUT2D eigenvalue weighted by Gasteiger charge is -2.21. The van der Waals surface area contributed by atoms with Crippen molar-refractivity contribution in [3.05, 3.63) is 58.7 Å². The van der Waals surface area contributed by atoms with Crippen LogP contribution in [0.4, 0.5) is 0 Å². The number of amides is 1. The van der Waals surface area contributed by atoms with E-state index in [1.54, 1.807) is 75.8 Å². The highest BCUT2D eigenvalue weighted by Gasteiger charge is 2.20. The molecule has 0 aliphatic carbocycles. The fraction of sp³-hybridized carbons (Fsp3) is 0.304. The van der Waals surface area contributed by atoms with E-state index < -0.39 is 0 Å². The van der Waals surface area contributed by atoms with Crippen molar-refractivity contribution in [3.8, 4) is 28.6 Å². The second kappa shape index (κ2) is 10.9. The molecule has 1 heterocycles. The van der Waals surface area contributed by atoms with E-state index in [9.17, 15) is 4.79 Å². The van der Waals surface area contributed by atoms with E-state index in [-0.39, 0.29) is 12.5 Å². The Morgan fingerprint density at radius 1 is 1.00 bits per heavy atom. The number of methoxy groups -OCH3 is 4. The van der Waals surface area contributed by atoms with E-state index in [4.69, 9.17) is 35.1 Å². The Bertz CT molecular complexity index is 1030. The third-order valence-corrected chi connectivity index (χ3v) is 5.06. The Labute approximate surface area is 191 Å². The fourth-order valence-corrected chi connectivity index (χ4v) is 3.30. The molecule has 0 aliphatic rings. The van der Waals surface area contributed by atoms with E-state index in [0.717, 1.165) is 0 Å². The quantitative estimate of drug-likeness (QED) is 0.445. The van der Waals surface area contributed by atoms with Gasteiger partial charge in [-0.1, -0.05) is 16.8 Å². The number of nitrogens with zero attached hydrogens (tertiary/aromatic N) is 2. The molecule has 1 aromatic heterocycles. The molecule has 32 heavy (non-hydrogen) atoms. The molecule has 0 fully saturated rings. The zero-order chi connectivity index (χ0) is 23.1. The average molecular weight is 461 g/mol. The number of halogens is 1. The number of benzene rings is 2. The molecule has 0 bridgehead atoms. The Morgan fingerprint density at radius 2 is 1.66 bits per heavy atom. The standard InChI is InChI=1S/C23H25ClN2O6/c1-28-10-9-26(23(27)15-5-7-17(24)8-6-15)14-18-13-19(32-25-18)16-11-20(29-2)22(31-4)21(12-16)30-3/h5-8,11-13H,9-10,14H2,1-4H3. The maximum Gasteiger partial charge on any atom is 0.254 e. The van der Waals surface area contributed by atoms with Gasteiger partial charge in [0.05, 0.1) is 34.5 Å². The Hall–Kier alpha value is -3.23. The zero-order valence-electron chi connectivity index (χ0n) is 18.4. The van der Waals surface area contributed by atoms with Gasteiger partial charge in [0.2, 0.25) is 5.75 Å². The maximum atomic E-state index is 13.0. The smallest absolute Gasteiger partial charge is 0.254 e. The summed E-state index contributed by atoms with van der Waals surface area (Å²) in [6.45, 7) is 1.03. The third kappa shape index (κ3) is 5.33. The Kier molecular flexibility index (Phi) is 7.97. The summed E-state index contributed by atoms with van der Waals surface area (Å²) in [5, 5.41) is 4.71. The van der Waals surface area contributed by atoms with Gasteiger partial charge in [0.1, 0.15) is 5.69 Å². The lowest BCUT2D eigenvalue weighted by Crippen LogP contribution is -2.33. The molecule has 0 aliphatic heterocycles. The first-order valence-electron chi connectivity index (χ1n) is 9.80. The number of hydrogen-bond donors (Lipinski definition) is 0. The fourth-order valence-electron chi connectivity index (χ4n) is 3.17. The molecule has 0 saturated carbocycles. The Balaban J connectivity index is 1.85. The maximum absolute atomic E-state index is 13.0. The minimum absolute atomic E-state index is 0.156. The normalized spacial score (nSPS) is 10.7. The lowest BCUT2D eigenvalue weighted by molar-refractivity contribution is 0.0676. The van der Waals surface area contributed by atoms with Gasteiger partial charge in [0.15, 0.2) is 17.3 Å². The molecule has 170 valence electrons. The van der Waals surface area contributed by atoms with E-state index >= 15 is 0 Å². The van der Waals surface area contributed by atoms with Crippen molar-refractivity contribution in [2.24, 2.45) is 0 Å². The molecule has 0 saturated heterocycles. The second-order valence-electron chi connectivity index (χ2n) is 6.82. The molecule has 9 heteroatoms. The summed E-state index contributed by atoms with van der Waals surface area (Å²) in [6, 6.07) is 12.1. The summed E-state index contributed by atoms with van der Waals surface area (Å²) < 4.78 is 26.9. The van der Waals surface area contributed by atoms with Crippen LogP contribution >= 0.6 is 11.6 Å². The Morgan fingerprint density at radius 3 is 2.22 bits per heavy atom. The van der Waals surface area contributed by atoms with Gasteiger partial charge in [-0.15, -0.1) is 0 Å². The molecule has 3 rings (SSSR count).